The number of phosphoric acid groups is 1. The van der Waals surface area contributed by atoms with Crippen LogP contribution >= 0.6 is 35.5 Å². The van der Waals surface area contributed by atoms with Crippen LogP contribution in [0, 0.1) is 6.92 Å². The van der Waals surface area contributed by atoms with Gasteiger partial charge < -0.3 is 20.4 Å². The number of nitrogens with zero attached hydrogens (tertiary/aromatic N) is 3. The first-order valence-corrected chi connectivity index (χ1v) is 13.0. The minimum atomic E-state index is -4.69. The Bertz CT molecular complexity index is 1140. The largest absolute Gasteiger partial charge is 0.469 e. The van der Waals surface area contributed by atoms with E-state index in [9.17, 15) is 14.2 Å². The van der Waals surface area contributed by atoms with Gasteiger partial charge in [0.2, 0.25) is 11.5 Å². The monoisotopic (exact) mass is 570 g/mol. The molecule has 0 aliphatic rings. The van der Waals surface area contributed by atoms with E-state index in [1.165, 1.54) is 17.2 Å². The fourth-order valence-corrected chi connectivity index (χ4v) is 4.09. The van der Waals surface area contributed by atoms with Gasteiger partial charge in [-0.15, -0.1) is 0 Å². The maximum Gasteiger partial charge on any atom is 0.469 e. The molecule has 0 fully saturated rings. The van der Waals surface area contributed by atoms with Crippen molar-refractivity contribution in [3.05, 3.63) is 68.6 Å². The number of rotatable bonds is 11. The quantitative estimate of drug-likeness (QED) is 0.206. The molecule has 4 N–H and O–H groups in total. The van der Waals surface area contributed by atoms with Gasteiger partial charge >= 0.3 is 7.82 Å². The van der Waals surface area contributed by atoms with E-state index < -0.39 is 7.82 Å². The number of carbonyl (C=O) groups is 2. The van der Waals surface area contributed by atoms with E-state index in [1.807, 2.05) is 24.3 Å². The SMILES string of the molecule is C/C(=C(\CCOP(=O)(O)O)SC(=O)/C=C/c1ccc(Br)cc1)N(C=O)Cc1cnc(C)nc1N. The van der Waals surface area contributed by atoms with Crippen molar-refractivity contribution in [3.8, 4) is 0 Å². The third-order valence-electron chi connectivity index (χ3n) is 4.42. The number of nitrogens with two attached hydrogens (primary N) is 1. The average molecular weight is 571 g/mol. The Morgan fingerprint density at radius 1 is 1.32 bits per heavy atom. The molecule has 182 valence electrons. The number of carbonyl (C=O) groups excluding carboxylic acids is 2. The Kier molecular flexibility index (Phi) is 10.6. The summed E-state index contributed by atoms with van der Waals surface area (Å²) < 4.78 is 16.5. The van der Waals surface area contributed by atoms with Crippen LogP contribution in [-0.2, 0) is 25.2 Å². The van der Waals surface area contributed by atoms with E-state index >= 15 is 0 Å². The van der Waals surface area contributed by atoms with Crippen LogP contribution < -0.4 is 5.73 Å². The summed E-state index contributed by atoms with van der Waals surface area (Å²) in [5.74, 6) is 0.708. The number of benzene rings is 1. The fraction of sp³-hybridized carbons (Fsp3) is 0.238. The van der Waals surface area contributed by atoms with Crippen LogP contribution in [0.25, 0.3) is 6.08 Å². The van der Waals surface area contributed by atoms with E-state index in [0.717, 1.165) is 21.8 Å². The van der Waals surface area contributed by atoms with Crippen molar-refractivity contribution in [3.63, 3.8) is 0 Å². The summed E-state index contributed by atoms with van der Waals surface area (Å²) in [7, 11) is -4.69. The maximum absolute atomic E-state index is 12.6. The number of halogens is 1. The lowest BCUT2D eigenvalue weighted by atomic mass is 10.2. The zero-order valence-corrected chi connectivity index (χ0v) is 21.7. The maximum atomic E-state index is 12.6. The van der Waals surface area contributed by atoms with Gasteiger partial charge in [0.15, 0.2) is 0 Å². The zero-order chi connectivity index (χ0) is 25.3. The molecule has 0 bridgehead atoms. The number of thioether (sulfide) groups is 1. The Labute approximate surface area is 209 Å². The second-order valence-corrected chi connectivity index (χ2v) is 10.2. The molecule has 1 aromatic heterocycles. The molecule has 1 aromatic carbocycles. The van der Waals surface area contributed by atoms with Gasteiger partial charge in [0.05, 0.1) is 13.2 Å². The highest BCUT2D eigenvalue weighted by atomic mass is 79.9. The van der Waals surface area contributed by atoms with Crippen LogP contribution in [0.4, 0.5) is 5.82 Å². The number of phosphoric ester groups is 1. The molecular weight excluding hydrogens is 547 g/mol. The molecule has 34 heavy (non-hydrogen) atoms. The van der Waals surface area contributed by atoms with Crippen molar-refractivity contribution in [2.24, 2.45) is 0 Å². The number of amides is 1. The minimum Gasteiger partial charge on any atom is -0.383 e. The zero-order valence-electron chi connectivity index (χ0n) is 18.4. The summed E-state index contributed by atoms with van der Waals surface area (Å²) in [5.41, 5.74) is 7.65. The van der Waals surface area contributed by atoms with Crippen molar-refractivity contribution in [2.75, 3.05) is 12.3 Å². The summed E-state index contributed by atoms with van der Waals surface area (Å²) in [4.78, 5) is 52.3. The predicted molar refractivity (Wildman–Crippen MR) is 134 cm³/mol. The van der Waals surface area contributed by atoms with Gasteiger partial charge in [-0.05, 0) is 49.4 Å². The van der Waals surface area contributed by atoms with E-state index in [-0.39, 0.29) is 30.5 Å². The molecular formula is C21H24BrN4O6PS. The highest BCUT2D eigenvalue weighted by Crippen LogP contribution is 2.37. The molecule has 0 aliphatic heterocycles. The van der Waals surface area contributed by atoms with Crippen molar-refractivity contribution in [2.45, 2.75) is 26.8 Å². The number of nitrogen functional groups attached to an aromatic ring is 1. The van der Waals surface area contributed by atoms with E-state index in [2.05, 4.69) is 30.4 Å². The number of anilines is 1. The molecule has 0 spiro atoms. The molecule has 1 amide bonds. The number of aryl methyl sites for hydroxylation is 1. The molecule has 0 unspecified atom stereocenters. The summed E-state index contributed by atoms with van der Waals surface area (Å²) in [6, 6.07) is 7.34. The third kappa shape index (κ3) is 9.49. The molecule has 0 aliphatic carbocycles. The molecule has 0 saturated carbocycles. The van der Waals surface area contributed by atoms with Crippen LogP contribution in [-0.4, -0.2) is 42.8 Å². The standard InChI is InChI=1S/C21H24BrN4O6PS/c1-14(26(13-27)12-17-11-24-15(2)25-21(17)23)19(9-10-32-33(29,30)31)34-20(28)8-5-16-3-6-18(22)7-4-16/h3-8,11,13H,9-10,12H2,1-2H3,(H2,23,24,25)(H2,29,30,31)/b8-5+,19-14-. The van der Waals surface area contributed by atoms with Crippen LogP contribution in [0.3, 0.4) is 0 Å². The van der Waals surface area contributed by atoms with Gasteiger partial charge in [-0.2, -0.15) is 0 Å². The van der Waals surface area contributed by atoms with Crippen molar-refractivity contribution < 1.29 is 28.5 Å². The van der Waals surface area contributed by atoms with Crippen molar-refractivity contribution in [1.29, 1.82) is 0 Å². The lowest BCUT2D eigenvalue weighted by molar-refractivity contribution is -0.117. The predicted octanol–water partition coefficient (Wildman–Crippen LogP) is 3.79. The Balaban J connectivity index is 2.25. The number of hydrogen-bond acceptors (Lipinski definition) is 8. The van der Waals surface area contributed by atoms with Crippen LogP contribution in [0.15, 0.2) is 51.6 Å². The lowest BCUT2D eigenvalue weighted by Crippen LogP contribution is -2.22. The first-order valence-electron chi connectivity index (χ1n) is 9.83. The average Bonchev–Trinajstić information content (AvgIpc) is 2.76. The molecule has 2 rings (SSSR count). The van der Waals surface area contributed by atoms with Gasteiger partial charge in [0.25, 0.3) is 0 Å². The number of hydrogen-bond donors (Lipinski definition) is 3. The fourth-order valence-electron chi connectivity index (χ4n) is 2.67. The Morgan fingerprint density at radius 2 is 2.00 bits per heavy atom. The first kappa shape index (κ1) is 27.9. The second-order valence-electron chi connectivity index (χ2n) is 6.95. The molecule has 1 heterocycles. The summed E-state index contributed by atoms with van der Waals surface area (Å²) in [6.07, 6.45) is 5.09. The van der Waals surface area contributed by atoms with E-state index in [4.69, 9.17) is 15.5 Å². The molecule has 2 aromatic rings. The van der Waals surface area contributed by atoms with E-state index in [1.54, 1.807) is 19.9 Å². The highest BCUT2D eigenvalue weighted by molar-refractivity contribution is 9.10. The van der Waals surface area contributed by atoms with Crippen LogP contribution in [0.2, 0.25) is 0 Å². The highest BCUT2D eigenvalue weighted by Gasteiger charge is 2.19. The number of aromatic nitrogens is 2. The third-order valence-corrected chi connectivity index (χ3v) is 6.55. The molecule has 0 radical (unpaired) electrons. The molecule has 13 heteroatoms. The van der Waals surface area contributed by atoms with E-state index in [0.29, 0.717) is 28.4 Å². The first-order chi connectivity index (χ1) is 16.0. The minimum absolute atomic E-state index is 0.0102. The van der Waals surface area contributed by atoms with Crippen molar-refractivity contribution in [1.82, 2.24) is 14.9 Å². The summed E-state index contributed by atoms with van der Waals surface area (Å²) in [5, 5.41) is -0.336. The van der Waals surface area contributed by atoms with Crippen LogP contribution in [0.1, 0.15) is 30.3 Å². The van der Waals surface area contributed by atoms with Gasteiger partial charge in [-0.3, -0.25) is 14.1 Å². The lowest BCUT2D eigenvalue weighted by Gasteiger charge is -2.22. The number of allylic oxidation sites excluding steroid dienone is 1. The van der Waals surface area contributed by atoms with Gasteiger partial charge in [0.1, 0.15) is 11.6 Å². The van der Waals surface area contributed by atoms with Gasteiger partial charge in [0, 0.05) is 33.3 Å². The summed E-state index contributed by atoms with van der Waals surface area (Å²) in [6.45, 7) is 3.00. The second kappa shape index (κ2) is 12.9. The molecule has 0 saturated heterocycles. The van der Waals surface area contributed by atoms with Crippen molar-refractivity contribution >= 4 is 58.9 Å². The van der Waals surface area contributed by atoms with Gasteiger partial charge in [-0.25, -0.2) is 14.5 Å². The van der Waals surface area contributed by atoms with Gasteiger partial charge in [-0.1, -0.05) is 34.1 Å². The molecule has 0 atom stereocenters. The summed E-state index contributed by atoms with van der Waals surface area (Å²) >= 11 is 4.18. The normalized spacial score (nSPS) is 12.5. The molecule has 10 nitrogen and oxygen atoms in total. The Hall–Kier alpha value is -2.34. The smallest absolute Gasteiger partial charge is 0.383 e. The Morgan fingerprint density at radius 3 is 2.59 bits per heavy atom. The van der Waals surface area contributed by atoms with Crippen LogP contribution in [0.5, 0.6) is 0 Å². The topological polar surface area (TPSA) is 156 Å².